The highest BCUT2D eigenvalue weighted by atomic mass is 28.4. The van der Waals surface area contributed by atoms with E-state index in [4.69, 9.17) is 19.1 Å². The maximum Gasteiger partial charge on any atom is 0.500 e. The molecule has 0 bridgehead atoms. The monoisotopic (exact) mass is 289 g/mol. The van der Waals surface area contributed by atoms with Crippen LogP contribution in [0.5, 0.6) is 0 Å². The Morgan fingerprint density at radius 3 is 2.16 bits per heavy atom. The van der Waals surface area contributed by atoms with Gasteiger partial charge in [-0.15, -0.1) is 0 Å². The highest BCUT2D eigenvalue weighted by Crippen LogP contribution is 2.20. The third kappa shape index (κ3) is 5.19. The van der Waals surface area contributed by atoms with Crippen molar-refractivity contribution in [1.82, 2.24) is 5.01 Å². The van der Waals surface area contributed by atoms with Crippen LogP contribution >= 0.6 is 0 Å². The second-order valence-electron chi connectivity index (χ2n) is 4.33. The molecule has 1 heterocycles. The first-order valence-electron chi connectivity index (χ1n) is 7.14. The van der Waals surface area contributed by atoms with Crippen LogP contribution in [0.1, 0.15) is 33.6 Å². The van der Waals surface area contributed by atoms with E-state index in [1.54, 1.807) is 5.01 Å². The van der Waals surface area contributed by atoms with Crippen molar-refractivity contribution in [3.05, 3.63) is 0 Å². The van der Waals surface area contributed by atoms with Gasteiger partial charge in [-0.2, -0.15) is 0 Å². The van der Waals surface area contributed by atoms with Gasteiger partial charge in [0, 0.05) is 32.3 Å². The van der Waals surface area contributed by atoms with Gasteiger partial charge in [-0.3, -0.25) is 10.0 Å². The van der Waals surface area contributed by atoms with Crippen molar-refractivity contribution < 1.29 is 13.3 Å². The van der Waals surface area contributed by atoms with Crippen LogP contribution in [0.15, 0.2) is 4.99 Å². The number of rotatable bonds is 10. The van der Waals surface area contributed by atoms with E-state index < -0.39 is 8.80 Å². The summed E-state index contributed by atoms with van der Waals surface area (Å²) in [5, 5.41) is 1.73. The van der Waals surface area contributed by atoms with Gasteiger partial charge >= 0.3 is 8.80 Å². The molecule has 0 saturated heterocycles. The summed E-state index contributed by atoms with van der Waals surface area (Å²) in [5.41, 5.74) is 0. The molecule has 1 rings (SSSR count). The van der Waals surface area contributed by atoms with Gasteiger partial charge in [0.25, 0.3) is 0 Å². The molecule has 0 spiro atoms. The molecule has 0 fully saturated rings. The number of hydrogen-bond acceptors (Lipinski definition) is 6. The first-order valence-corrected chi connectivity index (χ1v) is 9.08. The topological polar surface area (TPSA) is 69.3 Å². The van der Waals surface area contributed by atoms with Crippen LogP contribution in [0, 0.1) is 0 Å². The lowest BCUT2D eigenvalue weighted by Crippen LogP contribution is -2.46. The second kappa shape index (κ2) is 8.65. The lowest BCUT2D eigenvalue weighted by molar-refractivity contribution is 0.0709. The van der Waals surface area contributed by atoms with Crippen molar-refractivity contribution >= 4 is 14.6 Å². The summed E-state index contributed by atoms with van der Waals surface area (Å²) in [7, 11) is -2.50. The number of nitrogens with zero attached hydrogens (tertiary/aromatic N) is 2. The van der Waals surface area contributed by atoms with Crippen LogP contribution in [0.4, 0.5) is 0 Å². The van der Waals surface area contributed by atoms with Crippen LogP contribution in [0.25, 0.3) is 0 Å². The molecule has 0 radical (unpaired) electrons. The lowest BCUT2D eigenvalue weighted by Gasteiger charge is -2.28. The Morgan fingerprint density at radius 2 is 1.74 bits per heavy atom. The fraction of sp³-hybridized carbons (Fsp3) is 0.917. The zero-order chi connectivity index (χ0) is 14.1. The Balaban J connectivity index is 2.46. The third-order valence-corrected chi connectivity index (χ3v) is 6.09. The smallest absolute Gasteiger partial charge is 0.374 e. The molecule has 0 atom stereocenters. The average Bonchev–Trinajstić information content (AvgIpc) is 2.76. The standard InChI is InChI=1S/C12H27N3O3Si/c1-4-16-19(17-5-2,18-6-3)11-7-8-12-14-9-10-15(12)13/h4-11,13H2,1-3H3. The Morgan fingerprint density at radius 1 is 1.16 bits per heavy atom. The van der Waals surface area contributed by atoms with Crippen molar-refractivity contribution in [2.75, 3.05) is 32.9 Å². The van der Waals surface area contributed by atoms with Crippen LogP contribution in [0.3, 0.4) is 0 Å². The summed E-state index contributed by atoms with van der Waals surface area (Å²) in [6, 6.07) is 0.815. The van der Waals surface area contributed by atoms with E-state index in [9.17, 15) is 0 Å². The molecular formula is C12H27N3O3Si. The minimum Gasteiger partial charge on any atom is -0.374 e. The summed E-state index contributed by atoms with van der Waals surface area (Å²) in [5.74, 6) is 6.80. The van der Waals surface area contributed by atoms with Gasteiger partial charge in [-0.25, -0.2) is 5.84 Å². The van der Waals surface area contributed by atoms with Gasteiger partial charge in [0.05, 0.1) is 13.1 Å². The van der Waals surface area contributed by atoms with Gasteiger partial charge in [-0.1, -0.05) is 0 Å². The van der Waals surface area contributed by atoms with E-state index in [1.165, 1.54) is 0 Å². The summed E-state index contributed by atoms with van der Waals surface area (Å²) >= 11 is 0. The molecule has 0 aromatic carbocycles. The van der Waals surface area contributed by atoms with Gasteiger partial charge in [0.15, 0.2) is 0 Å². The molecule has 0 amide bonds. The zero-order valence-corrected chi connectivity index (χ0v) is 13.4. The quantitative estimate of drug-likeness (QED) is 0.486. The molecular weight excluding hydrogens is 262 g/mol. The van der Waals surface area contributed by atoms with Gasteiger partial charge in [-0.05, 0) is 27.2 Å². The summed E-state index contributed by atoms with van der Waals surface area (Å²) in [6.07, 6.45) is 1.79. The molecule has 1 aliphatic heterocycles. The van der Waals surface area contributed by atoms with Crippen molar-refractivity contribution in [3.63, 3.8) is 0 Å². The first-order chi connectivity index (χ1) is 9.17. The molecule has 0 aromatic heterocycles. The molecule has 1 aliphatic rings. The van der Waals surface area contributed by atoms with Crippen molar-refractivity contribution in [2.24, 2.45) is 10.8 Å². The van der Waals surface area contributed by atoms with Crippen molar-refractivity contribution in [1.29, 1.82) is 0 Å². The molecule has 0 unspecified atom stereocenters. The Labute approximate surface area is 117 Å². The number of hydrogen-bond donors (Lipinski definition) is 1. The Bertz CT molecular complexity index is 272. The van der Waals surface area contributed by atoms with Gasteiger partial charge < -0.3 is 13.3 Å². The molecule has 6 nitrogen and oxygen atoms in total. The minimum absolute atomic E-state index is 0.621. The Hall–Kier alpha value is -0.473. The first kappa shape index (κ1) is 16.6. The Kier molecular flexibility index (Phi) is 7.55. The molecule has 19 heavy (non-hydrogen) atoms. The van der Waals surface area contributed by atoms with E-state index in [0.717, 1.165) is 37.8 Å². The summed E-state index contributed by atoms with van der Waals surface area (Å²) < 4.78 is 17.4. The van der Waals surface area contributed by atoms with Crippen molar-refractivity contribution in [3.8, 4) is 0 Å². The second-order valence-corrected chi connectivity index (χ2v) is 7.06. The number of hydrazine groups is 1. The molecule has 112 valence electrons. The van der Waals surface area contributed by atoms with E-state index in [1.807, 2.05) is 20.8 Å². The highest BCUT2D eigenvalue weighted by molar-refractivity contribution is 6.60. The summed E-state index contributed by atoms with van der Waals surface area (Å²) in [6.45, 7) is 9.41. The van der Waals surface area contributed by atoms with Crippen LogP contribution < -0.4 is 5.84 Å². The molecule has 7 heteroatoms. The molecule has 0 saturated carbocycles. The fourth-order valence-corrected chi connectivity index (χ4v) is 4.81. The molecule has 0 aliphatic carbocycles. The third-order valence-electron chi connectivity index (χ3n) is 2.94. The van der Waals surface area contributed by atoms with E-state index in [-0.39, 0.29) is 0 Å². The number of amidine groups is 1. The minimum atomic E-state index is -2.50. The van der Waals surface area contributed by atoms with E-state index in [0.29, 0.717) is 19.8 Å². The van der Waals surface area contributed by atoms with E-state index in [2.05, 4.69) is 4.99 Å². The highest BCUT2D eigenvalue weighted by Gasteiger charge is 2.39. The average molecular weight is 289 g/mol. The van der Waals surface area contributed by atoms with Crippen molar-refractivity contribution in [2.45, 2.75) is 39.7 Å². The maximum absolute atomic E-state index is 5.82. The largest absolute Gasteiger partial charge is 0.500 e. The SMILES string of the molecule is CCO[Si](CCCC1=NCCN1N)(OCC)OCC. The van der Waals surface area contributed by atoms with Gasteiger partial charge in [0.2, 0.25) is 0 Å². The number of nitrogens with two attached hydrogens (primary N) is 1. The summed E-state index contributed by atoms with van der Waals surface area (Å²) in [4.78, 5) is 4.38. The lowest BCUT2D eigenvalue weighted by atomic mass is 10.3. The van der Waals surface area contributed by atoms with Crippen LogP contribution in [-0.2, 0) is 13.3 Å². The van der Waals surface area contributed by atoms with Crippen LogP contribution in [-0.4, -0.2) is 52.6 Å². The fourth-order valence-electron chi connectivity index (χ4n) is 2.19. The maximum atomic E-state index is 5.82. The van der Waals surface area contributed by atoms with Gasteiger partial charge in [0.1, 0.15) is 5.84 Å². The number of aliphatic imine (C=N–C) groups is 1. The van der Waals surface area contributed by atoms with Crippen LogP contribution in [0.2, 0.25) is 6.04 Å². The van der Waals surface area contributed by atoms with E-state index >= 15 is 0 Å². The molecule has 0 aromatic rings. The normalized spacial score (nSPS) is 16.0. The predicted octanol–water partition coefficient (Wildman–Crippen LogP) is 1.40. The predicted molar refractivity (Wildman–Crippen MR) is 77.9 cm³/mol. The zero-order valence-electron chi connectivity index (χ0n) is 12.4. The molecule has 2 N–H and O–H groups in total.